The minimum Gasteiger partial charge on any atom is -0.370 e. The Labute approximate surface area is 113 Å². The van der Waals surface area contributed by atoms with E-state index in [2.05, 4.69) is 29.1 Å². The largest absolute Gasteiger partial charge is 0.370 e. The predicted octanol–water partition coefficient (Wildman–Crippen LogP) is 1.78. The Balaban J connectivity index is 1.90. The van der Waals surface area contributed by atoms with Gasteiger partial charge in [-0.15, -0.1) is 0 Å². The lowest BCUT2D eigenvalue weighted by atomic mass is 10.1. The van der Waals surface area contributed by atoms with E-state index in [0.717, 1.165) is 24.3 Å². The maximum Gasteiger partial charge on any atom is 0.188 e. The molecule has 0 aliphatic heterocycles. The first-order chi connectivity index (χ1) is 9.15. The van der Waals surface area contributed by atoms with Crippen LogP contribution in [0.1, 0.15) is 26.0 Å². The second-order valence-corrected chi connectivity index (χ2v) is 5.01. The summed E-state index contributed by atoms with van der Waals surface area (Å²) in [5.74, 6) is 1.15. The molecule has 2 aromatic rings. The summed E-state index contributed by atoms with van der Waals surface area (Å²) in [7, 11) is 0. The number of aliphatic imine (C=N–C) groups is 1. The van der Waals surface area contributed by atoms with Gasteiger partial charge in [0.2, 0.25) is 0 Å². The van der Waals surface area contributed by atoms with Crippen LogP contribution >= 0.6 is 0 Å². The zero-order valence-electron chi connectivity index (χ0n) is 11.5. The van der Waals surface area contributed by atoms with E-state index in [9.17, 15) is 0 Å². The molecule has 0 aliphatic carbocycles. The van der Waals surface area contributed by atoms with Crippen LogP contribution in [0.25, 0.3) is 5.65 Å². The van der Waals surface area contributed by atoms with Crippen LogP contribution in [0, 0.1) is 5.92 Å². The highest BCUT2D eigenvalue weighted by atomic mass is 15.1. The molecule has 0 atom stereocenters. The molecule has 0 saturated carbocycles. The number of guanidine groups is 1. The van der Waals surface area contributed by atoms with Gasteiger partial charge in [0.05, 0.1) is 12.2 Å². The van der Waals surface area contributed by atoms with Gasteiger partial charge in [0.15, 0.2) is 5.96 Å². The first kappa shape index (κ1) is 13.4. The van der Waals surface area contributed by atoms with Crippen molar-refractivity contribution in [3.63, 3.8) is 0 Å². The molecule has 5 nitrogen and oxygen atoms in total. The second kappa shape index (κ2) is 6.22. The summed E-state index contributed by atoms with van der Waals surface area (Å²) in [6.07, 6.45) is 5.03. The number of nitrogens with one attached hydrogen (secondary N) is 1. The Bertz CT molecular complexity index is 523. The van der Waals surface area contributed by atoms with Crippen LogP contribution in [0.3, 0.4) is 0 Å². The van der Waals surface area contributed by atoms with Gasteiger partial charge in [0.1, 0.15) is 5.65 Å². The van der Waals surface area contributed by atoms with E-state index in [0.29, 0.717) is 18.4 Å². The molecule has 0 amide bonds. The van der Waals surface area contributed by atoms with Crippen molar-refractivity contribution in [3.8, 4) is 0 Å². The number of nitrogens with zero attached hydrogens (tertiary/aromatic N) is 3. The van der Waals surface area contributed by atoms with Gasteiger partial charge < -0.3 is 15.5 Å². The molecule has 3 N–H and O–H groups in total. The molecular weight excluding hydrogens is 238 g/mol. The van der Waals surface area contributed by atoms with Crippen molar-refractivity contribution in [2.24, 2.45) is 16.6 Å². The molecule has 0 saturated heterocycles. The lowest BCUT2D eigenvalue weighted by molar-refractivity contribution is 0.576. The smallest absolute Gasteiger partial charge is 0.188 e. The molecule has 0 spiro atoms. The average molecular weight is 259 g/mol. The number of nitrogens with two attached hydrogens (primary N) is 1. The van der Waals surface area contributed by atoms with Crippen LogP contribution in [0.5, 0.6) is 0 Å². The van der Waals surface area contributed by atoms with Crippen molar-refractivity contribution in [3.05, 3.63) is 36.3 Å². The van der Waals surface area contributed by atoms with Gasteiger partial charge in [0, 0.05) is 18.9 Å². The highest BCUT2D eigenvalue weighted by Gasteiger charge is 2.00. The number of aromatic nitrogens is 2. The van der Waals surface area contributed by atoms with Gasteiger partial charge >= 0.3 is 0 Å². The first-order valence-corrected chi connectivity index (χ1v) is 6.61. The molecule has 2 aromatic heterocycles. The zero-order valence-corrected chi connectivity index (χ0v) is 11.5. The molecule has 0 aliphatic rings. The maximum atomic E-state index is 5.81. The molecule has 0 aromatic carbocycles. The summed E-state index contributed by atoms with van der Waals surface area (Å²) < 4.78 is 1.98. The fourth-order valence-electron chi connectivity index (χ4n) is 1.77. The summed E-state index contributed by atoms with van der Waals surface area (Å²) in [5, 5.41) is 3.11. The lowest BCUT2D eigenvalue weighted by Gasteiger charge is -2.06. The van der Waals surface area contributed by atoms with Crippen molar-refractivity contribution in [1.29, 1.82) is 0 Å². The van der Waals surface area contributed by atoms with E-state index in [1.807, 2.05) is 35.0 Å². The second-order valence-electron chi connectivity index (χ2n) is 5.01. The summed E-state index contributed by atoms with van der Waals surface area (Å²) in [5.41, 5.74) is 7.65. The standard InChI is InChI=1S/C14H21N5/c1-11(2)6-7-16-14(15)17-9-12-10-19-8-4-3-5-13(19)18-12/h3-5,8,10-11H,6-7,9H2,1-2H3,(H3,15,16,17). The number of hydrogen-bond donors (Lipinski definition) is 2. The van der Waals surface area contributed by atoms with Gasteiger partial charge in [-0.25, -0.2) is 9.98 Å². The third-order valence-electron chi connectivity index (χ3n) is 2.85. The van der Waals surface area contributed by atoms with Crippen LogP contribution < -0.4 is 11.1 Å². The predicted molar refractivity (Wildman–Crippen MR) is 78.0 cm³/mol. The summed E-state index contributed by atoms with van der Waals surface area (Å²) in [6, 6.07) is 5.91. The van der Waals surface area contributed by atoms with Crippen LogP contribution in [0.2, 0.25) is 0 Å². The van der Waals surface area contributed by atoms with Crippen LogP contribution in [0.15, 0.2) is 35.6 Å². The first-order valence-electron chi connectivity index (χ1n) is 6.61. The quantitative estimate of drug-likeness (QED) is 0.635. The van der Waals surface area contributed by atoms with E-state index in [1.54, 1.807) is 0 Å². The van der Waals surface area contributed by atoms with Gasteiger partial charge in [-0.2, -0.15) is 0 Å². The molecule has 102 valence electrons. The highest BCUT2D eigenvalue weighted by Crippen LogP contribution is 2.05. The maximum absolute atomic E-state index is 5.81. The van der Waals surface area contributed by atoms with Crippen LogP contribution in [-0.2, 0) is 6.54 Å². The third-order valence-corrected chi connectivity index (χ3v) is 2.85. The van der Waals surface area contributed by atoms with Gasteiger partial charge in [-0.05, 0) is 24.5 Å². The van der Waals surface area contributed by atoms with E-state index < -0.39 is 0 Å². The van der Waals surface area contributed by atoms with E-state index in [1.165, 1.54) is 0 Å². The number of fused-ring (bicyclic) bond motifs is 1. The Morgan fingerprint density at radius 1 is 1.47 bits per heavy atom. The molecule has 0 unspecified atom stereocenters. The minimum atomic E-state index is 0.484. The van der Waals surface area contributed by atoms with Gasteiger partial charge in [-0.1, -0.05) is 19.9 Å². The van der Waals surface area contributed by atoms with Crippen molar-refractivity contribution in [2.75, 3.05) is 6.54 Å². The van der Waals surface area contributed by atoms with Crippen LogP contribution in [0.4, 0.5) is 0 Å². The molecular formula is C14H21N5. The number of imidazole rings is 1. The van der Waals surface area contributed by atoms with E-state index in [-0.39, 0.29) is 0 Å². The molecule has 0 bridgehead atoms. The zero-order chi connectivity index (χ0) is 13.7. The van der Waals surface area contributed by atoms with E-state index in [4.69, 9.17) is 5.73 Å². The highest BCUT2D eigenvalue weighted by molar-refractivity contribution is 5.77. The summed E-state index contributed by atoms with van der Waals surface area (Å²) in [6.45, 7) is 5.73. The lowest BCUT2D eigenvalue weighted by Crippen LogP contribution is -2.32. The monoisotopic (exact) mass is 259 g/mol. The topological polar surface area (TPSA) is 67.7 Å². The number of hydrogen-bond acceptors (Lipinski definition) is 2. The van der Waals surface area contributed by atoms with Crippen LogP contribution in [-0.4, -0.2) is 21.9 Å². The summed E-state index contributed by atoms with van der Waals surface area (Å²) >= 11 is 0. The summed E-state index contributed by atoms with van der Waals surface area (Å²) in [4.78, 5) is 8.76. The molecule has 19 heavy (non-hydrogen) atoms. The molecule has 0 fully saturated rings. The van der Waals surface area contributed by atoms with E-state index >= 15 is 0 Å². The average Bonchev–Trinajstić information content (AvgIpc) is 2.78. The normalized spacial score (nSPS) is 12.3. The Morgan fingerprint density at radius 2 is 2.32 bits per heavy atom. The van der Waals surface area contributed by atoms with Crippen molar-refractivity contribution in [1.82, 2.24) is 14.7 Å². The Morgan fingerprint density at radius 3 is 3.05 bits per heavy atom. The molecule has 0 radical (unpaired) electrons. The fraction of sp³-hybridized carbons (Fsp3) is 0.429. The van der Waals surface area contributed by atoms with Gasteiger partial charge in [0.25, 0.3) is 0 Å². The number of rotatable bonds is 5. The Hall–Kier alpha value is -2.04. The minimum absolute atomic E-state index is 0.484. The fourth-order valence-corrected chi connectivity index (χ4v) is 1.77. The van der Waals surface area contributed by atoms with Crippen molar-refractivity contribution < 1.29 is 0 Å². The van der Waals surface area contributed by atoms with Crippen molar-refractivity contribution in [2.45, 2.75) is 26.8 Å². The SMILES string of the molecule is CC(C)CCNC(N)=NCc1cn2ccccc2n1. The molecule has 5 heteroatoms. The molecule has 2 heterocycles. The Kier molecular flexibility index (Phi) is 4.39. The number of pyridine rings is 1. The molecule has 2 rings (SSSR count). The van der Waals surface area contributed by atoms with Crippen molar-refractivity contribution >= 4 is 11.6 Å². The third kappa shape index (κ3) is 3.98. The van der Waals surface area contributed by atoms with Gasteiger partial charge in [-0.3, -0.25) is 0 Å².